The van der Waals surface area contributed by atoms with E-state index < -0.39 is 0 Å². The average molecular weight is 281 g/mol. The van der Waals surface area contributed by atoms with E-state index in [1.165, 1.54) is 6.07 Å². The number of rotatable bonds is 4. The normalized spacial score (nSPS) is 10.8. The fourth-order valence-corrected chi connectivity index (χ4v) is 2.21. The summed E-state index contributed by atoms with van der Waals surface area (Å²) in [5.41, 5.74) is 7.80. The van der Waals surface area contributed by atoms with Gasteiger partial charge in [0.2, 0.25) is 0 Å². The van der Waals surface area contributed by atoms with Crippen LogP contribution in [0.5, 0.6) is 0 Å². The molecule has 0 saturated heterocycles. The maximum Gasteiger partial charge on any atom is 0.128 e. The first-order valence-corrected chi connectivity index (χ1v) is 6.83. The Hall–Kier alpha value is -2.46. The number of hydrogen-bond donors (Lipinski definition) is 2. The largest absolute Gasteiger partial charge is 0.366 e. The third-order valence-corrected chi connectivity index (χ3v) is 3.41. The Morgan fingerprint density at radius 3 is 2.71 bits per heavy atom. The Morgan fingerprint density at radius 1 is 1.05 bits per heavy atom. The number of nitrogens with zero attached hydrogens (tertiary/aromatic N) is 1. The van der Waals surface area contributed by atoms with Gasteiger partial charge < -0.3 is 11.1 Å². The Kier molecular flexibility index (Phi) is 3.79. The summed E-state index contributed by atoms with van der Waals surface area (Å²) in [7, 11) is 0. The molecular formula is C17H16FN3. The standard InChI is InChI=1S/C17H16FN3/c18-15-9-12(10-19)5-6-14(15)11-20-17-8-7-13-3-1-2-4-16(13)21-17/h1-9H,10-11,19H2,(H,20,21). The molecule has 0 aliphatic rings. The SMILES string of the molecule is NCc1ccc(CNc2ccc3ccccc3n2)c(F)c1. The first-order valence-electron chi connectivity index (χ1n) is 6.83. The maximum absolute atomic E-state index is 13.9. The molecule has 0 bridgehead atoms. The molecule has 0 radical (unpaired) electrons. The first-order chi connectivity index (χ1) is 10.3. The molecule has 0 aliphatic heterocycles. The zero-order valence-corrected chi connectivity index (χ0v) is 11.5. The zero-order valence-electron chi connectivity index (χ0n) is 11.5. The van der Waals surface area contributed by atoms with E-state index in [9.17, 15) is 4.39 Å². The summed E-state index contributed by atoms with van der Waals surface area (Å²) in [5.74, 6) is 0.488. The van der Waals surface area contributed by atoms with Gasteiger partial charge in [-0.3, -0.25) is 0 Å². The van der Waals surface area contributed by atoms with Crippen molar-refractivity contribution in [3.05, 3.63) is 71.5 Å². The number of nitrogens with one attached hydrogen (secondary N) is 1. The second-order valence-corrected chi connectivity index (χ2v) is 4.87. The number of anilines is 1. The summed E-state index contributed by atoms with van der Waals surface area (Å²) in [4.78, 5) is 4.50. The quantitative estimate of drug-likeness (QED) is 0.770. The van der Waals surface area contributed by atoms with E-state index in [2.05, 4.69) is 10.3 Å². The van der Waals surface area contributed by atoms with Crippen molar-refractivity contribution in [3.8, 4) is 0 Å². The molecule has 106 valence electrons. The Bertz CT molecular complexity index is 771. The molecule has 1 aromatic heterocycles. The van der Waals surface area contributed by atoms with Crippen molar-refractivity contribution < 1.29 is 4.39 Å². The number of aromatic nitrogens is 1. The lowest BCUT2D eigenvalue weighted by Gasteiger charge is -2.08. The van der Waals surface area contributed by atoms with Gasteiger partial charge in [0, 0.05) is 24.0 Å². The smallest absolute Gasteiger partial charge is 0.128 e. The summed E-state index contributed by atoms with van der Waals surface area (Å²) < 4.78 is 13.9. The lowest BCUT2D eigenvalue weighted by Crippen LogP contribution is -2.05. The van der Waals surface area contributed by atoms with Crippen molar-refractivity contribution in [2.75, 3.05) is 5.32 Å². The van der Waals surface area contributed by atoms with Crippen molar-refractivity contribution >= 4 is 16.7 Å². The first kappa shape index (κ1) is 13.5. The highest BCUT2D eigenvalue weighted by atomic mass is 19.1. The minimum Gasteiger partial charge on any atom is -0.366 e. The molecule has 3 N–H and O–H groups in total. The van der Waals surface area contributed by atoms with Gasteiger partial charge >= 0.3 is 0 Å². The van der Waals surface area contributed by atoms with Gasteiger partial charge in [-0.05, 0) is 29.8 Å². The number of fused-ring (bicyclic) bond motifs is 1. The molecule has 0 aliphatic carbocycles. The number of hydrogen-bond acceptors (Lipinski definition) is 3. The van der Waals surface area contributed by atoms with Gasteiger partial charge in [-0.25, -0.2) is 9.37 Å². The second-order valence-electron chi connectivity index (χ2n) is 4.87. The summed E-state index contributed by atoms with van der Waals surface area (Å²) in [6.07, 6.45) is 0. The molecule has 3 rings (SSSR count). The fourth-order valence-electron chi connectivity index (χ4n) is 2.21. The van der Waals surface area contributed by atoms with Crippen LogP contribution in [0.25, 0.3) is 10.9 Å². The van der Waals surface area contributed by atoms with Crippen LogP contribution in [-0.2, 0) is 13.1 Å². The summed E-state index contributed by atoms with van der Waals surface area (Å²) in [6, 6.07) is 16.9. The molecule has 4 heteroatoms. The molecule has 0 amide bonds. The Labute approximate surface area is 122 Å². The molecule has 0 spiro atoms. The van der Waals surface area contributed by atoms with E-state index in [-0.39, 0.29) is 5.82 Å². The minimum absolute atomic E-state index is 0.244. The highest BCUT2D eigenvalue weighted by Gasteiger charge is 2.04. The van der Waals surface area contributed by atoms with Gasteiger partial charge in [-0.15, -0.1) is 0 Å². The monoisotopic (exact) mass is 281 g/mol. The molecule has 3 nitrogen and oxygen atoms in total. The summed E-state index contributed by atoms with van der Waals surface area (Å²) in [5, 5.41) is 4.23. The lowest BCUT2D eigenvalue weighted by molar-refractivity contribution is 0.610. The van der Waals surface area contributed by atoms with Gasteiger partial charge in [0.15, 0.2) is 0 Å². The third-order valence-electron chi connectivity index (χ3n) is 3.41. The van der Waals surface area contributed by atoms with Crippen molar-refractivity contribution in [1.29, 1.82) is 0 Å². The highest BCUT2D eigenvalue weighted by Crippen LogP contribution is 2.16. The third kappa shape index (κ3) is 3.01. The van der Waals surface area contributed by atoms with E-state index >= 15 is 0 Å². The van der Waals surface area contributed by atoms with Crippen LogP contribution in [0.3, 0.4) is 0 Å². The van der Waals surface area contributed by atoms with E-state index in [1.807, 2.05) is 42.5 Å². The van der Waals surface area contributed by atoms with Gasteiger partial charge in [-0.1, -0.05) is 30.3 Å². The van der Waals surface area contributed by atoms with Gasteiger partial charge in [0.05, 0.1) is 5.52 Å². The van der Waals surface area contributed by atoms with E-state index in [4.69, 9.17) is 5.73 Å². The van der Waals surface area contributed by atoms with Crippen LogP contribution in [0.2, 0.25) is 0 Å². The topological polar surface area (TPSA) is 50.9 Å². The van der Waals surface area contributed by atoms with E-state index in [0.717, 1.165) is 22.3 Å². The Balaban J connectivity index is 1.77. The predicted molar refractivity (Wildman–Crippen MR) is 83.4 cm³/mol. The minimum atomic E-state index is -0.244. The lowest BCUT2D eigenvalue weighted by atomic mass is 10.1. The van der Waals surface area contributed by atoms with Crippen LogP contribution >= 0.6 is 0 Å². The van der Waals surface area contributed by atoms with Gasteiger partial charge in [0.1, 0.15) is 11.6 Å². The predicted octanol–water partition coefficient (Wildman–Crippen LogP) is 3.44. The molecular weight excluding hydrogens is 265 g/mol. The van der Waals surface area contributed by atoms with Gasteiger partial charge in [0.25, 0.3) is 0 Å². The molecule has 21 heavy (non-hydrogen) atoms. The van der Waals surface area contributed by atoms with Crippen molar-refractivity contribution in [2.24, 2.45) is 5.73 Å². The molecule has 1 heterocycles. The number of benzene rings is 2. The molecule has 0 saturated carbocycles. The summed E-state index contributed by atoms with van der Waals surface area (Å²) in [6.45, 7) is 0.735. The van der Waals surface area contributed by atoms with Crippen LogP contribution in [0.4, 0.5) is 10.2 Å². The second kappa shape index (κ2) is 5.89. The van der Waals surface area contributed by atoms with Crippen molar-refractivity contribution in [3.63, 3.8) is 0 Å². The van der Waals surface area contributed by atoms with Crippen LogP contribution in [-0.4, -0.2) is 4.98 Å². The van der Waals surface area contributed by atoms with Crippen LogP contribution < -0.4 is 11.1 Å². The average Bonchev–Trinajstić information content (AvgIpc) is 2.53. The van der Waals surface area contributed by atoms with Crippen molar-refractivity contribution in [1.82, 2.24) is 4.98 Å². The molecule has 2 aromatic carbocycles. The number of halogens is 1. The van der Waals surface area contributed by atoms with Crippen molar-refractivity contribution in [2.45, 2.75) is 13.1 Å². The Morgan fingerprint density at radius 2 is 1.90 bits per heavy atom. The highest BCUT2D eigenvalue weighted by molar-refractivity contribution is 5.80. The molecule has 0 unspecified atom stereocenters. The fraction of sp³-hybridized carbons (Fsp3) is 0.118. The molecule has 0 fully saturated rings. The number of para-hydroxylation sites is 1. The molecule has 0 atom stereocenters. The van der Waals surface area contributed by atoms with Crippen LogP contribution in [0, 0.1) is 5.82 Å². The molecule has 3 aromatic rings. The summed E-state index contributed by atoms with van der Waals surface area (Å²) >= 11 is 0. The zero-order chi connectivity index (χ0) is 14.7. The van der Waals surface area contributed by atoms with Crippen LogP contribution in [0.15, 0.2) is 54.6 Å². The van der Waals surface area contributed by atoms with E-state index in [1.54, 1.807) is 6.07 Å². The van der Waals surface area contributed by atoms with E-state index in [0.29, 0.717) is 18.7 Å². The number of nitrogens with two attached hydrogens (primary N) is 1. The van der Waals surface area contributed by atoms with Gasteiger partial charge in [-0.2, -0.15) is 0 Å². The number of pyridine rings is 1. The maximum atomic E-state index is 13.9. The van der Waals surface area contributed by atoms with Crippen LogP contribution in [0.1, 0.15) is 11.1 Å².